The molecule has 0 aromatic carbocycles. The minimum Gasteiger partial charge on any atom is -0.341 e. The van der Waals surface area contributed by atoms with Gasteiger partial charge in [-0.1, -0.05) is 47.8 Å². The number of hydrogen-bond donors (Lipinski definition) is 0. The number of alkyl halides is 3. The first-order chi connectivity index (χ1) is 9.28. The van der Waals surface area contributed by atoms with Gasteiger partial charge in [0.25, 0.3) is 20.2 Å². The van der Waals surface area contributed by atoms with Crippen molar-refractivity contribution in [1.82, 2.24) is 0 Å². The lowest BCUT2D eigenvalue weighted by molar-refractivity contribution is -0.0613. The van der Waals surface area contributed by atoms with Crippen LogP contribution in [-0.2, 0) is 38.1 Å². The van der Waals surface area contributed by atoms with E-state index in [1.807, 2.05) is 0 Å². The summed E-state index contributed by atoms with van der Waals surface area (Å²) in [6.45, 7) is -0.646. The molecule has 0 aromatic rings. The van der Waals surface area contributed by atoms with Gasteiger partial charge in [0.15, 0.2) is 8.43 Å². The van der Waals surface area contributed by atoms with Crippen LogP contribution in [0.3, 0.4) is 0 Å². The highest BCUT2D eigenvalue weighted by molar-refractivity contribution is 9.39. The Morgan fingerprint density at radius 2 is 1.24 bits per heavy atom. The largest absolute Gasteiger partial charge is 0.341 e. The Labute approximate surface area is 148 Å². The van der Waals surface area contributed by atoms with E-state index in [0.717, 1.165) is 12.5 Å². The van der Waals surface area contributed by atoms with Crippen molar-refractivity contribution in [1.29, 1.82) is 0 Å². The molecule has 8 nitrogen and oxygen atoms in total. The molecule has 0 unspecified atom stereocenters. The van der Waals surface area contributed by atoms with Crippen molar-refractivity contribution in [3.05, 3.63) is 0 Å². The molecule has 1 fully saturated rings. The van der Waals surface area contributed by atoms with Crippen molar-refractivity contribution >= 4 is 68.0 Å². The van der Waals surface area contributed by atoms with Crippen LogP contribution in [0.15, 0.2) is 0 Å². The van der Waals surface area contributed by atoms with Crippen LogP contribution >= 0.6 is 47.8 Å². The van der Waals surface area contributed by atoms with Crippen LogP contribution in [0, 0.1) is 0 Å². The third-order valence-electron chi connectivity index (χ3n) is 2.17. The Hall–Kier alpha value is 1.18. The fourth-order valence-corrected chi connectivity index (χ4v) is 2.76. The van der Waals surface area contributed by atoms with Crippen LogP contribution in [0.2, 0.25) is 0 Å². The summed E-state index contributed by atoms with van der Waals surface area (Å²) in [5, 5.41) is 0. The molecule has 13 heteroatoms. The summed E-state index contributed by atoms with van der Waals surface area (Å²) in [6, 6.07) is 0. The molecule has 21 heavy (non-hydrogen) atoms. The Morgan fingerprint density at radius 3 is 1.48 bits per heavy atom. The van der Waals surface area contributed by atoms with Gasteiger partial charge >= 0.3 is 0 Å². The van der Waals surface area contributed by atoms with Gasteiger partial charge in [-0.2, -0.15) is 16.8 Å². The van der Waals surface area contributed by atoms with Crippen molar-refractivity contribution in [3.63, 3.8) is 0 Å². The third kappa shape index (κ3) is 8.01. The zero-order valence-electron chi connectivity index (χ0n) is 10.9. The van der Waals surface area contributed by atoms with Crippen LogP contribution in [0.5, 0.6) is 0 Å². The summed E-state index contributed by atoms with van der Waals surface area (Å²) in [5.41, 5.74) is 0. The number of halogens is 3. The Kier molecular flexibility index (Phi) is 7.11. The van der Waals surface area contributed by atoms with Gasteiger partial charge in [-0.3, -0.25) is 8.37 Å². The van der Waals surface area contributed by atoms with E-state index >= 15 is 0 Å². The molecule has 0 N–H and O–H groups in total. The first-order valence-electron chi connectivity index (χ1n) is 5.34. The summed E-state index contributed by atoms with van der Waals surface area (Å²) in [6.07, 6.45) is -0.714. The molecule has 126 valence electrons. The van der Waals surface area contributed by atoms with Gasteiger partial charge in [-0.15, -0.1) is 0 Å². The fraction of sp³-hybridized carbons (Fsp3) is 1.00. The number of hydrogen-bond acceptors (Lipinski definition) is 8. The SMILES string of the molecule is CS(=O)(=O)OC[C@H]1OC(C(Br)(Br)Br)O[C@@H]1COS(C)(=O)=O. The molecule has 1 aliphatic rings. The van der Waals surface area contributed by atoms with Crippen LogP contribution in [0.4, 0.5) is 0 Å². The minimum absolute atomic E-state index is 0.323. The minimum atomic E-state index is -3.66. The lowest BCUT2D eigenvalue weighted by Gasteiger charge is -2.19. The van der Waals surface area contributed by atoms with Crippen LogP contribution < -0.4 is 0 Å². The average Bonchev–Trinajstić information content (AvgIpc) is 2.64. The molecule has 0 radical (unpaired) electrons. The van der Waals surface area contributed by atoms with E-state index in [1.165, 1.54) is 0 Å². The molecule has 2 atom stereocenters. The topological polar surface area (TPSA) is 105 Å². The normalized spacial score (nSPS) is 25.4. The lowest BCUT2D eigenvalue weighted by Crippen LogP contribution is -2.33. The molecule has 0 aliphatic carbocycles. The summed E-state index contributed by atoms with van der Waals surface area (Å²) in [4.78, 5) is 0. The summed E-state index contributed by atoms with van der Waals surface area (Å²) >= 11 is 9.62. The first-order valence-corrected chi connectivity index (χ1v) is 11.4. The van der Waals surface area contributed by atoms with E-state index in [2.05, 4.69) is 56.2 Å². The summed E-state index contributed by atoms with van der Waals surface area (Å²) in [5.74, 6) is 0. The number of ether oxygens (including phenoxy) is 2. The smallest absolute Gasteiger partial charge is 0.264 e. The highest BCUT2D eigenvalue weighted by atomic mass is 80.0. The highest BCUT2D eigenvalue weighted by Gasteiger charge is 2.46. The standard InChI is InChI=1S/C8H13Br3O8S2/c1-20(12,13)16-3-5-6(4-17-21(2,14)15)19-7(18-5)8(9,10)11/h5-7H,3-4H2,1-2H3/t5-,6-/m1/s1. The van der Waals surface area contributed by atoms with Crippen molar-refractivity contribution in [2.75, 3.05) is 25.7 Å². The van der Waals surface area contributed by atoms with E-state index in [-0.39, 0.29) is 13.2 Å². The Bertz CT molecular complexity index is 511. The molecule has 1 rings (SSSR count). The quantitative estimate of drug-likeness (QED) is 0.361. The van der Waals surface area contributed by atoms with Gasteiger partial charge in [-0.25, -0.2) is 0 Å². The third-order valence-corrected chi connectivity index (χ3v) is 4.42. The van der Waals surface area contributed by atoms with E-state index in [4.69, 9.17) is 9.47 Å². The number of rotatable bonds is 6. The maximum absolute atomic E-state index is 11.0. The van der Waals surface area contributed by atoms with Crippen molar-refractivity contribution < 1.29 is 34.7 Å². The summed E-state index contributed by atoms with van der Waals surface area (Å²) in [7, 11) is -7.32. The highest BCUT2D eigenvalue weighted by Crippen LogP contribution is 2.43. The van der Waals surface area contributed by atoms with Crippen LogP contribution in [0.1, 0.15) is 0 Å². The molecule has 0 bridgehead atoms. The van der Waals surface area contributed by atoms with Gasteiger partial charge in [0.1, 0.15) is 12.2 Å². The lowest BCUT2D eigenvalue weighted by atomic mass is 10.2. The molecule has 0 amide bonds. The Morgan fingerprint density at radius 1 is 0.905 bits per heavy atom. The first kappa shape index (κ1) is 20.2. The predicted molar refractivity (Wildman–Crippen MR) is 84.6 cm³/mol. The monoisotopic (exact) mass is 538 g/mol. The zero-order valence-corrected chi connectivity index (χ0v) is 17.3. The second kappa shape index (κ2) is 7.38. The van der Waals surface area contributed by atoms with Gasteiger partial charge in [0.05, 0.1) is 25.7 Å². The average molecular weight is 541 g/mol. The molecule has 0 aromatic heterocycles. The van der Waals surface area contributed by atoms with Crippen molar-refractivity contribution in [2.24, 2.45) is 0 Å². The Balaban J connectivity index is 2.74. The zero-order chi connectivity index (χ0) is 16.5. The van der Waals surface area contributed by atoms with E-state index in [1.54, 1.807) is 0 Å². The molecule has 1 saturated heterocycles. The molecule has 0 spiro atoms. The maximum Gasteiger partial charge on any atom is 0.264 e. The van der Waals surface area contributed by atoms with Gasteiger partial charge in [0.2, 0.25) is 0 Å². The fourth-order valence-electron chi connectivity index (χ4n) is 1.35. The molecular formula is C8H13Br3O8S2. The van der Waals surface area contributed by atoms with Crippen molar-refractivity contribution in [2.45, 2.75) is 20.6 Å². The maximum atomic E-state index is 11.0. The second-order valence-electron chi connectivity index (χ2n) is 4.20. The summed E-state index contributed by atoms with van der Waals surface area (Å²) < 4.78 is 63.4. The molecule has 1 heterocycles. The van der Waals surface area contributed by atoms with Gasteiger partial charge in [-0.05, 0) is 0 Å². The van der Waals surface area contributed by atoms with E-state index < -0.39 is 40.9 Å². The second-order valence-corrected chi connectivity index (χ2v) is 14.4. The molecule has 0 saturated carbocycles. The van der Waals surface area contributed by atoms with Crippen molar-refractivity contribution in [3.8, 4) is 0 Å². The predicted octanol–water partition coefficient (Wildman–Crippen LogP) is 0.887. The van der Waals surface area contributed by atoms with E-state index in [0.29, 0.717) is 0 Å². The van der Waals surface area contributed by atoms with Gasteiger partial charge in [0, 0.05) is 0 Å². The van der Waals surface area contributed by atoms with E-state index in [9.17, 15) is 16.8 Å². The molecule has 1 aliphatic heterocycles. The van der Waals surface area contributed by atoms with Crippen LogP contribution in [-0.4, -0.2) is 63.2 Å². The molecular weight excluding hydrogens is 528 g/mol. The van der Waals surface area contributed by atoms with Gasteiger partial charge < -0.3 is 9.47 Å². The van der Waals surface area contributed by atoms with Crippen LogP contribution in [0.25, 0.3) is 0 Å².